The van der Waals surface area contributed by atoms with Gasteiger partial charge in [0.05, 0.1) is 0 Å². The first-order chi connectivity index (χ1) is 11.2. The molecule has 1 heterocycles. The molecule has 1 aliphatic rings. The molecular weight excluding hydrogens is 323 g/mol. The van der Waals surface area contributed by atoms with Crippen LogP contribution >= 0.6 is 0 Å². The van der Waals surface area contributed by atoms with Crippen LogP contribution in [0.2, 0.25) is 0 Å². The van der Waals surface area contributed by atoms with Crippen LogP contribution < -0.4 is 10.6 Å². The molecule has 0 saturated heterocycles. The van der Waals surface area contributed by atoms with Gasteiger partial charge in [-0.05, 0) is 19.3 Å². The number of aliphatic imine (C=N–C) groups is 1. The van der Waals surface area contributed by atoms with Crippen molar-refractivity contribution in [2.75, 3.05) is 13.1 Å². The van der Waals surface area contributed by atoms with Gasteiger partial charge in [-0.2, -0.15) is 13.2 Å². The van der Waals surface area contributed by atoms with E-state index in [2.05, 4.69) is 27.5 Å². The molecule has 1 aromatic heterocycles. The van der Waals surface area contributed by atoms with Crippen molar-refractivity contribution < 1.29 is 18.3 Å². The Morgan fingerprint density at radius 2 is 2.17 bits per heavy atom. The average Bonchev–Trinajstić information content (AvgIpc) is 2.98. The number of nitrogens with one attached hydrogen (secondary N) is 2. The number of aryl methyl sites for hydroxylation is 1. The highest BCUT2D eigenvalue weighted by molar-refractivity contribution is 5.80. The summed E-state index contributed by atoms with van der Waals surface area (Å²) in [4.78, 5) is 7.83. The molecule has 3 unspecified atom stereocenters. The van der Waals surface area contributed by atoms with E-state index in [1.165, 1.54) is 24.0 Å². The Hall–Kier alpha value is -1.77. The van der Waals surface area contributed by atoms with Gasteiger partial charge in [0, 0.05) is 45.0 Å². The third-order valence-electron chi connectivity index (χ3n) is 4.18. The van der Waals surface area contributed by atoms with E-state index in [-0.39, 0.29) is 6.54 Å². The number of alkyl halides is 3. The number of hydrogen-bond acceptors (Lipinski definition) is 3. The Labute approximate surface area is 139 Å². The molecule has 1 aromatic rings. The Kier molecular flexibility index (Phi) is 5.42. The average molecular weight is 347 g/mol. The summed E-state index contributed by atoms with van der Waals surface area (Å²) in [5, 5.41) is 16.4. The standard InChI is InChI=1S/C15H24F3N5O/c1-4-19-13(22-11-9-10(11)2)21-6-5-14(24,15(16,17)18)12-20-7-8-23(12)3/h7-8,10-11,24H,4-6,9H2,1-3H3,(H2,19,21,22). The van der Waals surface area contributed by atoms with Crippen molar-refractivity contribution in [3.8, 4) is 0 Å². The lowest BCUT2D eigenvalue weighted by Crippen LogP contribution is -2.45. The highest BCUT2D eigenvalue weighted by atomic mass is 19.4. The number of aliphatic hydroxyl groups is 1. The van der Waals surface area contributed by atoms with E-state index in [0.29, 0.717) is 24.5 Å². The summed E-state index contributed by atoms with van der Waals surface area (Å²) in [7, 11) is 1.42. The van der Waals surface area contributed by atoms with Gasteiger partial charge in [-0.25, -0.2) is 4.98 Å². The molecule has 1 saturated carbocycles. The van der Waals surface area contributed by atoms with Crippen molar-refractivity contribution in [2.24, 2.45) is 18.0 Å². The van der Waals surface area contributed by atoms with Gasteiger partial charge in [-0.15, -0.1) is 0 Å². The summed E-state index contributed by atoms with van der Waals surface area (Å²) in [5.41, 5.74) is -3.03. The highest BCUT2D eigenvalue weighted by Crippen LogP contribution is 2.40. The Morgan fingerprint density at radius 3 is 2.62 bits per heavy atom. The second-order valence-corrected chi connectivity index (χ2v) is 6.19. The van der Waals surface area contributed by atoms with E-state index in [9.17, 15) is 18.3 Å². The summed E-state index contributed by atoms with van der Waals surface area (Å²) in [6.07, 6.45) is -1.81. The monoisotopic (exact) mass is 347 g/mol. The Bertz CT molecular complexity index is 586. The fourth-order valence-corrected chi connectivity index (χ4v) is 2.49. The minimum absolute atomic E-state index is 0.181. The maximum Gasteiger partial charge on any atom is 0.424 e. The van der Waals surface area contributed by atoms with Gasteiger partial charge < -0.3 is 20.3 Å². The molecule has 0 amide bonds. The van der Waals surface area contributed by atoms with Crippen molar-refractivity contribution in [2.45, 2.75) is 44.5 Å². The van der Waals surface area contributed by atoms with Crippen molar-refractivity contribution in [3.05, 3.63) is 18.2 Å². The molecule has 6 nitrogen and oxygen atoms in total. The zero-order chi connectivity index (χ0) is 18.0. The summed E-state index contributed by atoms with van der Waals surface area (Å²) in [5.74, 6) is 0.573. The quantitative estimate of drug-likeness (QED) is 0.539. The number of aromatic nitrogens is 2. The number of nitrogens with zero attached hydrogens (tertiary/aromatic N) is 3. The van der Waals surface area contributed by atoms with E-state index < -0.39 is 24.0 Å². The number of guanidine groups is 1. The van der Waals surface area contributed by atoms with Gasteiger partial charge in [0.15, 0.2) is 5.96 Å². The lowest BCUT2D eigenvalue weighted by molar-refractivity contribution is -0.272. The molecular formula is C15H24F3N5O. The molecule has 9 heteroatoms. The van der Waals surface area contributed by atoms with Crippen LogP contribution in [0.5, 0.6) is 0 Å². The zero-order valence-electron chi connectivity index (χ0n) is 14.1. The van der Waals surface area contributed by atoms with Crippen LogP contribution in [0.3, 0.4) is 0 Å². The molecule has 1 aliphatic carbocycles. The Morgan fingerprint density at radius 1 is 1.50 bits per heavy atom. The fourth-order valence-electron chi connectivity index (χ4n) is 2.49. The second kappa shape index (κ2) is 7.00. The molecule has 0 radical (unpaired) electrons. The van der Waals surface area contributed by atoms with E-state index >= 15 is 0 Å². The van der Waals surface area contributed by atoms with Crippen molar-refractivity contribution in [3.63, 3.8) is 0 Å². The molecule has 136 valence electrons. The molecule has 0 aliphatic heterocycles. The first-order valence-electron chi connectivity index (χ1n) is 8.00. The zero-order valence-corrected chi connectivity index (χ0v) is 14.1. The number of hydrogen-bond donors (Lipinski definition) is 3. The lowest BCUT2D eigenvalue weighted by Gasteiger charge is -2.29. The van der Waals surface area contributed by atoms with Crippen LogP contribution in [0.4, 0.5) is 13.2 Å². The summed E-state index contributed by atoms with van der Waals surface area (Å²) >= 11 is 0. The van der Waals surface area contributed by atoms with Gasteiger partial charge in [0.25, 0.3) is 0 Å². The SMILES string of the molecule is CCNC(=NCCC(O)(c1nccn1C)C(F)(F)F)NC1CC1C. The van der Waals surface area contributed by atoms with E-state index in [4.69, 9.17) is 0 Å². The van der Waals surface area contributed by atoms with Gasteiger partial charge >= 0.3 is 6.18 Å². The number of halogens is 3. The molecule has 2 rings (SSSR count). The smallest absolute Gasteiger partial charge is 0.374 e. The molecule has 3 N–H and O–H groups in total. The molecule has 1 fully saturated rings. The number of rotatable bonds is 6. The summed E-state index contributed by atoms with van der Waals surface area (Å²) < 4.78 is 41.4. The molecule has 0 aromatic carbocycles. The summed E-state index contributed by atoms with van der Waals surface area (Å²) in [6.45, 7) is 4.40. The lowest BCUT2D eigenvalue weighted by atomic mass is 9.98. The van der Waals surface area contributed by atoms with Crippen LogP contribution in [-0.2, 0) is 12.6 Å². The van der Waals surface area contributed by atoms with Gasteiger partial charge in [0.1, 0.15) is 5.82 Å². The van der Waals surface area contributed by atoms with Crippen molar-refractivity contribution in [1.29, 1.82) is 0 Å². The van der Waals surface area contributed by atoms with Crippen LogP contribution in [0.1, 0.15) is 32.5 Å². The topological polar surface area (TPSA) is 74.5 Å². The summed E-state index contributed by atoms with van der Waals surface area (Å²) in [6, 6.07) is 0.304. The minimum Gasteiger partial charge on any atom is -0.374 e. The second-order valence-electron chi connectivity index (χ2n) is 6.19. The van der Waals surface area contributed by atoms with Crippen LogP contribution in [0.25, 0.3) is 0 Å². The molecule has 3 atom stereocenters. The van der Waals surface area contributed by atoms with E-state index in [1.807, 2.05) is 6.92 Å². The fraction of sp³-hybridized carbons (Fsp3) is 0.733. The molecule has 24 heavy (non-hydrogen) atoms. The first-order valence-corrected chi connectivity index (χ1v) is 8.00. The van der Waals surface area contributed by atoms with Crippen molar-refractivity contribution in [1.82, 2.24) is 20.2 Å². The minimum atomic E-state index is -4.83. The van der Waals surface area contributed by atoms with Gasteiger partial charge in [0.2, 0.25) is 5.60 Å². The third kappa shape index (κ3) is 4.00. The third-order valence-corrected chi connectivity index (χ3v) is 4.18. The maximum atomic E-state index is 13.4. The van der Waals surface area contributed by atoms with Crippen LogP contribution in [-0.4, -0.2) is 45.9 Å². The predicted molar refractivity (Wildman–Crippen MR) is 84.5 cm³/mol. The van der Waals surface area contributed by atoms with E-state index in [0.717, 1.165) is 6.42 Å². The Balaban J connectivity index is 2.09. The normalized spacial score (nSPS) is 23.7. The first kappa shape index (κ1) is 18.6. The van der Waals surface area contributed by atoms with E-state index in [1.54, 1.807) is 0 Å². The predicted octanol–water partition coefficient (Wildman–Crippen LogP) is 1.52. The van der Waals surface area contributed by atoms with Gasteiger partial charge in [-0.3, -0.25) is 4.99 Å². The van der Waals surface area contributed by atoms with Crippen LogP contribution in [0.15, 0.2) is 17.4 Å². The van der Waals surface area contributed by atoms with Crippen molar-refractivity contribution >= 4 is 5.96 Å². The van der Waals surface area contributed by atoms with Gasteiger partial charge in [-0.1, -0.05) is 6.92 Å². The number of imidazole rings is 1. The molecule has 0 spiro atoms. The molecule has 0 bridgehead atoms. The highest BCUT2D eigenvalue weighted by Gasteiger charge is 2.57. The maximum absolute atomic E-state index is 13.4. The van der Waals surface area contributed by atoms with Crippen LogP contribution in [0, 0.1) is 5.92 Å². The largest absolute Gasteiger partial charge is 0.424 e.